The molecule has 0 spiro atoms. The van der Waals surface area contributed by atoms with Crippen LogP contribution in [0.2, 0.25) is 0 Å². The van der Waals surface area contributed by atoms with Crippen molar-refractivity contribution in [3.8, 4) is 17.2 Å². The minimum Gasteiger partial charge on any atom is -0.399 e. The zero-order valence-corrected chi connectivity index (χ0v) is 11.6. The molecule has 6 nitrogen and oxygen atoms in total. The molecule has 0 atom stereocenters. The van der Waals surface area contributed by atoms with Crippen molar-refractivity contribution in [2.24, 2.45) is 0 Å². The SMILES string of the molecule is CCc1nc(-n2ccnc2-c2ccc(N)cc2)cc(=O)[nH]1. The zero-order valence-electron chi connectivity index (χ0n) is 11.6. The van der Waals surface area contributed by atoms with Crippen molar-refractivity contribution < 1.29 is 0 Å². The number of hydrogen-bond acceptors (Lipinski definition) is 4. The molecule has 1 aromatic carbocycles. The average molecular weight is 281 g/mol. The molecule has 0 aliphatic rings. The summed E-state index contributed by atoms with van der Waals surface area (Å²) in [7, 11) is 0. The predicted molar refractivity (Wildman–Crippen MR) is 81.2 cm³/mol. The molecule has 0 fully saturated rings. The number of nitrogens with two attached hydrogens (primary N) is 1. The summed E-state index contributed by atoms with van der Waals surface area (Å²) < 4.78 is 1.79. The molecule has 0 saturated carbocycles. The van der Waals surface area contributed by atoms with Gasteiger partial charge in [-0.25, -0.2) is 9.97 Å². The Labute approximate surface area is 121 Å². The maximum atomic E-state index is 11.7. The van der Waals surface area contributed by atoms with Gasteiger partial charge in [-0.05, 0) is 24.3 Å². The highest BCUT2D eigenvalue weighted by molar-refractivity contribution is 5.60. The number of nitrogens with zero attached hydrogens (tertiary/aromatic N) is 3. The molecule has 0 bridgehead atoms. The van der Waals surface area contributed by atoms with Crippen LogP contribution in [0.5, 0.6) is 0 Å². The van der Waals surface area contributed by atoms with Crippen molar-refractivity contribution in [1.29, 1.82) is 0 Å². The van der Waals surface area contributed by atoms with Crippen LogP contribution in [0.3, 0.4) is 0 Å². The summed E-state index contributed by atoms with van der Waals surface area (Å²) in [5.74, 6) is 1.92. The monoisotopic (exact) mass is 281 g/mol. The molecule has 21 heavy (non-hydrogen) atoms. The molecular formula is C15H15N5O. The van der Waals surface area contributed by atoms with Crippen molar-refractivity contribution in [1.82, 2.24) is 19.5 Å². The van der Waals surface area contributed by atoms with Crippen LogP contribution in [0.15, 0.2) is 47.5 Å². The summed E-state index contributed by atoms with van der Waals surface area (Å²) in [4.78, 5) is 23.2. The smallest absolute Gasteiger partial charge is 0.253 e. The standard InChI is InChI=1S/C15H15N5O/c1-2-12-18-13(9-14(21)19-12)20-8-7-17-15(20)10-3-5-11(16)6-4-10/h3-9H,2,16H2,1H3,(H,18,19,21). The number of hydrogen-bond donors (Lipinski definition) is 2. The van der Waals surface area contributed by atoms with E-state index in [9.17, 15) is 4.79 Å². The second-order valence-corrected chi connectivity index (χ2v) is 4.65. The first-order chi connectivity index (χ1) is 10.2. The van der Waals surface area contributed by atoms with Crippen LogP contribution >= 0.6 is 0 Å². The fraction of sp³-hybridized carbons (Fsp3) is 0.133. The first-order valence-corrected chi connectivity index (χ1v) is 6.67. The topological polar surface area (TPSA) is 89.6 Å². The quantitative estimate of drug-likeness (QED) is 0.716. The third-order valence-corrected chi connectivity index (χ3v) is 3.17. The summed E-state index contributed by atoms with van der Waals surface area (Å²) in [6.07, 6.45) is 4.13. The van der Waals surface area contributed by atoms with Gasteiger partial charge in [0.25, 0.3) is 5.56 Å². The van der Waals surface area contributed by atoms with E-state index >= 15 is 0 Å². The van der Waals surface area contributed by atoms with E-state index in [1.807, 2.05) is 31.2 Å². The molecule has 0 aliphatic heterocycles. The summed E-state index contributed by atoms with van der Waals surface area (Å²) in [5.41, 5.74) is 7.13. The number of nitrogen functional groups attached to an aromatic ring is 1. The number of nitrogens with one attached hydrogen (secondary N) is 1. The molecule has 0 unspecified atom stereocenters. The van der Waals surface area contributed by atoms with Crippen molar-refractivity contribution in [3.05, 3.63) is 58.9 Å². The minimum atomic E-state index is -0.172. The maximum absolute atomic E-state index is 11.7. The van der Waals surface area contributed by atoms with Crippen molar-refractivity contribution in [2.45, 2.75) is 13.3 Å². The molecule has 0 amide bonds. The van der Waals surface area contributed by atoms with Crippen molar-refractivity contribution in [3.63, 3.8) is 0 Å². The Balaban J connectivity index is 2.13. The van der Waals surface area contributed by atoms with Gasteiger partial charge in [-0.1, -0.05) is 6.92 Å². The molecular weight excluding hydrogens is 266 g/mol. The van der Waals surface area contributed by atoms with Crippen molar-refractivity contribution >= 4 is 5.69 Å². The number of aromatic nitrogens is 4. The number of anilines is 1. The molecule has 0 saturated heterocycles. The van der Waals surface area contributed by atoms with Gasteiger partial charge in [0.15, 0.2) is 0 Å². The number of benzene rings is 1. The van der Waals surface area contributed by atoms with E-state index < -0.39 is 0 Å². The minimum absolute atomic E-state index is 0.172. The molecule has 6 heteroatoms. The number of H-pyrrole nitrogens is 1. The molecule has 3 rings (SSSR count). The Bertz CT molecular complexity index is 817. The number of aryl methyl sites for hydroxylation is 1. The van der Waals surface area contributed by atoms with Crippen LogP contribution in [0.25, 0.3) is 17.2 Å². The van der Waals surface area contributed by atoms with E-state index in [0.717, 1.165) is 11.4 Å². The van der Waals surface area contributed by atoms with Gasteiger partial charge in [-0.3, -0.25) is 9.36 Å². The third kappa shape index (κ3) is 2.55. The van der Waals surface area contributed by atoms with E-state index in [0.29, 0.717) is 23.8 Å². The summed E-state index contributed by atoms with van der Waals surface area (Å²) in [5, 5.41) is 0. The molecule has 106 valence electrons. The first-order valence-electron chi connectivity index (χ1n) is 6.67. The van der Waals surface area contributed by atoms with Crippen LogP contribution in [-0.2, 0) is 6.42 Å². The van der Waals surface area contributed by atoms with E-state index in [1.54, 1.807) is 17.0 Å². The van der Waals surface area contributed by atoms with Crippen LogP contribution in [-0.4, -0.2) is 19.5 Å². The largest absolute Gasteiger partial charge is 0.399 e. The van der Waals surface area contributed by atoms with Gasteiger partial charge >= 0.3 is 0 Å². The molecule has 0 aliphatic carbocycles. The Hall–Kier alpha value is -2.89. The third-order valence-electron chi connectivity index (χ3n) is 3.17. The van der Waals surface area contributed by atoms with Gasteiger partial charge in [-0.15, -0.1) is 0 Å². The normalized spacial score (nSPS) is 10.7. The fourth-order valence-corrected chi connectivity index (χ4v) is 2.12. The van der Waals surface area contributed by atoms with Crippen LogP contribution in [0.4, 0.5) is 5.69 Å². The van der Waals surface area contributed by atoms with Gasteiger partial charge in [0, 0.05) is 36.1 Å². The summed E-state index contributed by atoms with van der Waals surface area (Å²) in [6, 6.07) is 8.87. The average Bonchev–Trinajstić information content (AvgIpc) is 2.97. The lowest BCUT2D eigenvalue weighted by atomic mass is 10.2. The lowest BCUT2D eigenvalue weighted by Gasteiger charge is -2.08. The highest BCUT2D eigenvalue weighted by Gasteiger charge is 2.10. The van der Waals surface area contributed by atoms with Crippen molar-refractivity contribution in [2.75, 3.05) is 5.73 Å². The van der Waals surface area contributed by atoms with Gasteiger partial charge in [0.05, 0.1) is 0 Å². The summed E-state index contributed by atoms with van der Waals surface area (Å²) >= 11 is 0. The highest BCUT2D eigenvalue weighted by atomic mass is 16.1. The van der Waals surface area contributed by atoms with E-state index in [-0.39, 0.29) is 5.56 Å². The Kier molecular flexibility index (Phi) is 3.27. The summed E-state index contributed by atoms with van der Waals surface area (Å²) in [6.45, 7) is 1.94. The van der Waals surface area contributed by atoms with Crippen LogP contribution in [0, 0.1) is 0 Å². The maximum Gasteiger partial charge on any atom is 0.253 e. The van der Waals surface area contributed by atoms with Crippen LogP contribution < -0.4 is 11.3 Å². The van der Waals surface area contributed by atoms with Gasteiger partial charge in [-0.2, -0.15) is 0 Å². The highest BCUT2D eigenvalue weighted by Crippen LogP contribution is 2.21. The Morgan fingerprint density at radius 3 is 2.76 bits per heavy atom. The lowest BCUT2D eigenvalue weighted by Crippen LogP contribution is -2.13. The molecule has 3 N–H and O–H groups in total. The number of rotatable bonds is 3. The lowest BCUT2D eigenvalue weighted by molar-refractivity contribution is 0.875. The fourth-order valence-electron chi connectivity index (χ4n) is 2.12. The molecule has 3 aromatic rings. The Morgan fingerprint density at radius 1 is 1.29 bits per heavy atom. The van der Waals surface area contributed by atoms with Crippen LogP contribution in [0.1, 0.15) is 12.7 Å². The number of imidazole rings is 1. The van der Waals surface area contributed by atoms with E-state index in [2.05, 4.69) is 15.0 Å². The zero-order chi connectivity index (χ0) is 14.8. The number of aromatic amines is 1. The molecule has 2 aromatic heterocycles. The van der Waals surface area contributed by atoms with Gasteiger partial charge < -0.3 is 10.7 Å². The van der Waals surface area contributed by atoms with Gasteiger partial charge in [0.1, 0.15) is 17.5 Å². The second-order valence-electron chi connectivity index (χ2n) is 4.65. The second kappa shape index (κ2) is 5.24. The molecule has 2 heterocycles. The van der Waals surface area contributed by atoms with Gasteiger partial charge in [0.2, 0.25) is 0 Å². The Morgan fingerprint density at radius 2 is 2.05 bits per heavy atom. The molecule has 0 radical (unpaired) electrons. The van der Waals surface area contributed by atoms with E-state index in [1.165, 1.54) is 6.07 Å². The van der Waals surface area contributed by atoms with E-state index in [4.69, 9.17) is 5.73 Å². The first kappa shape index (κ1) is 13.1. The predicted octanol–water partition coefficient (Wildman–Crippen LogP) is 1.77.